The van der Waals surface area contributed by atoms with Crippen LogP contribution in [0.15, 0.2) is 170 Å². The van der Waals surface area contributed by atoms with Crippen LogP contribution < -0.4 is 0 Å². The third kappa shape index (κ3) is 4.00. The maximum atomic E-state index is 9.04. The quantitative estimate of drug-likeness (QED) is 0.196. The van der Waals surface area contributed by atoms with Crippen LogP contribution in [0.5, 0.6) is 0 Å². The van der Waals surface area contributed by atoms with Gasteiger partial charge in [0, 0.05) is 0 Å². The van der Waals surface area contributed by atoms with E-state index in [9.17, 15) is 0 Å². The molecule has 0 aliphatic rings. The van der Waals surface area contributed by atoms with Gasteiger partial charge in [0.05, 0.1) is 6.85 Å². The minimum absolute atomic E-state index is 0.204. The van der Waals surface area contributed by atoms with Crippen molar-refractivity contribution in [1.29, 1.82) is 0 Å². The molecule has 0 heterocycles. The highest BCUT2D eigenvalue weighted by atomic mass is 14.2. The van der Waals surface area contributed by atoms with Crippen molar-refractivity contribution in [1.82, 2.24) is 0 Å². The molecule has 0 saturated heterocycles. The molecule has 0 fully saturated rings. The summed E-state index contributed by atoms with van der Waals surface area (Å²) < 4.78 is 43.5. The molecule has 42 heavy (non-hydrogen) atoms. The largest absolute Gasteiger partial charge is 0.0629 e. The highest BCUT2D eigenvalue weighted by Gasteiger charge is 2.19. The van der Waals surface area contributed by atoms with E-state index in [-0.39, 0.29) is 29.7 Å². The molecule has 0 bridgehead atoms. The second kappa shape index (κ2) is 10.2. The zero-order valence-corrected chi connectivity index (χ0v) is 22.8. The summed E-state index contributed by atoms with van der Waals surface area (Å²) in [5, 5.41) is 5.79. The molecule has 8 aromatic carbocycles. The average Bonchev–Trinajstić information content (AvgIpc) is 3.13. The van der Waals surface area contributed by atoms with Crippen LogP contribution >= 0.6 is 0 Å². The van der Waals surface area contributed by atoms with Gasteiger partial charge in [-0.1, -0.05) is 164 Å². The van der Waals surface area contributed by atoms with Gasteiger partial charge in [0.15, 0.2) is 0 Å². The Labute approximate surface area is 253 Å². The Bertz CT molecular complexity index is 2480. The van der Waals surface area contributed by atoms with Crippen molar-refractivity contribution < 1.29 is 6.85 Å². The number of rotatable bonds is 4. The zero-order valence-electron chi connectivity index (χ0n) is 27.8. The lowest BCUT2D eigenvalue weighted by Crippen LogP contribution is -1.93. The van der Waals surface area contributed by atoms with Gasteiger partial charge in [-0.05, 0) is 82.9 Å². The van der Waals surface area contributed by atoms with E-state index in [1.54, 1.807) is 0 Å². The van der Waals surface area contributed by atoms with Gasteiger partial charge in [-0.15, -0.1) is 0 Å². The van der Waals surface area contributed by atoms with Crippen molar-refractivity contribution in [2.75, 3.05) is 0 Å². The Balaban J connectivity index is 1.57. The Hall–Kier alpha value is -5.46. The fourth-order valence-corrected chi connectivity index (χ4v) is 6.33. The first-order valence-corrected chi connectivity index (χ1v) is 14.1. The normalized spacial score (nSPS) is 13.0. The molecule has 0 radical (unpaired) electrons. The highest BCUT2D eigenvalue weighted by molar-refractivity contribution is 6.23. The highest BCUT2D eigenvalue weighted by Crippen LogP contribution is 2.47. The molecule has 0 heteroatoms. The Kier molecular flexibility index (Phi) is 4.75. The van der Waals surface area contributed by atoms with Crippen LogP contribution in [0.4, 0.5) is 0 Å². The molecule has 0 aromatic heterocycles. The molecule has 196 valence electrons. The van der Waals surface area contributed by atoms with Crippen molar-refractivity contribution in [2.45, 2.75) is 0 Å². The minimum atomic E-state index is -0.401. The predicted molar refractivity (Wildman–Crippen MR) is 181 cm³/mol. The van der Waals surface area contributed by atoms with E-state index in [1.807, 2.05) is 48.5 Å². The van der Waals surface area contributed by atoms with E-state index in [0.29, 0.717) is 5.56 Å². The van der Waals surface area contributed by atoms with Crippen LogP contribution in [0, 0.1) is 0 Å². The molecule has 0 nitrogen and oxygen atoms in total. The van der Waals surface area contributed by atoms with E-state index >= 15 is 0 Å². The number of hydrogen-bond acceptors (Lipinski definition) is 0. The topological polar surface area (TPSA) is 0 Å². The molecule has 0 spiro atoms. The van der Waals surface area contributed by atoms with Gasteiger partial charge in [0.2, 0.25) is 0 Å². The third-order valence-corrected chi connectivity index (χ3v) is 8.16. The first-order chi connectivity index (χ1) is 22.9. The van der Waals surface area contributed by atoms with Crippen LogP contribution in [0.2, 0.25) is 0 Å². The SMILES string of the molecule is [2H]c1c([2H])c([2H])c(-c2c3ccccc3c(-c3ccccc3-c3ccccc3)c3ccc(-c4cccc5ccccc45)cc23)c([2H])c1[2H]. The van der Waals surface area contributed by atoms with Crippen molar-refractivity contribution >= 4 is 32.3 Å². The predicted octanol–water partition coefficient (Wildman–Crippen LogP) is 11.8. The fourth-order valence-electron chi connectivity index (χ4n) is 6.33. The fraction of sp³-hybridized carbons (Fsp3) is 0. The first-order valence-electron chi connectivity index (χ1n) is 16.6. The first kappa shape index (κ1) is 19.6. The van der Waals surface area contributed by atoms with Gasteiger partial charge in [-0.2, -0.15) is 0 Å². The molecule has 0 atom stereocenters. The lowest BCUT2D eigenvalue weighted by atomic mass is 9.83. The summed E-state index contributed by atoms with van der Waals surface area (Å²) in [5.41, 5.74) is 7.18. The van der Waals surface area contributed by atoms with Crippen LogP contribution in [0.1, 0.15) is 6.85 Å². The van der Waals surface area contributed by atoms with E-state index in [4.69, 9.17) is 6.85 Å². The van der Waals surface area contributed by atoms with Gasteiger partial charge < -0.3 is 0 Å². The standard InChI is InChI=1S/C42H28/c1-3-14-29(15-4-1)34-21-9-10-22-36(34)42-38-24-12-11-23-37(38)41(31-17-5-2-6-18-31)40-28-32(26-27-39(40)42)35-25-13-19-30-16-7-8-20-33(30)35/h1-28H/i2D,5D,6D,17D,18D. The van der Waals surface area contributed by atoms with Crippen LogP contribution in [-0.2, 0) is 0 Å². The van der Waals surface area contributed by atoms with E-state index in [1.165, 1.54) is 0 Å². The monoisotopic (exact) mass is 537 g/mol. The summed E-state index contributed by atoms with van der Waals surface area (Å²) in [6.07, 6.45) is 0. The van der Waals surface area contributed by atoms with Gasteiger partial charge in [0.25, 0.3) is 0 Å². The summed E-state index contributed by atoms with van der Waals surface area (Å²) in [5.74, 6) is 0. The molecule has 0 saturated carbocycles. The summed E-state index contributed by atoms with van der Waals surface area (Å²) in [6.45, 7) is 0. The van der Waals surface area contributed by atoms with Gasteiger partial charge in [-0.25, -0.2) is 0 Å². The number of fused-ring (bicyclic) bond motifs is 3. The second-order valence-corrected chi connectivity index (χ2v) is 10.5. The van der Waals surface area contributed by atoms with Gasteiger partial charge in [-0.3, -0.25) is 0 Å². The molecule has 0 N–H and O–H groups in total. The molecular weight excluding hydrogens is 504 g/mol. The summed E-state index contributed by atoms with van der Waals surface area (Å²) in [4.78, 5) is 0. The third-order valence-electron chi connectivity index (χ3n) is 8.16. The molecule has 0 aliphatic carbocycles. The molecule has 0 aliphatic heterocycles. The minimum Gasteiger partial charge on any atom is -0.0622 e. The summed E-state index contributed by atoms with van der Waals surface area (Å²) in [6, 6.07) is 46.2. The summed E-state index contributed by atoms with van der Waals surface area (Å²) in [7, 11) is 0. The van der Waals surface area contributed by atoms with Crippen molar-refractivity contribution in [3.8, 4) is 44.5 Å². The lowest BCUT2D eigenvalue weighted by Gasteiger charge is -2.20. The maximum Gasteiger partial charge on any atom is 0.0629 e. The van der Waals surface area contributed by atoms with Gasteiger partial charge >= 0.3 is 0 Å². The van der Waals surface area contributed by atoms with Gasteiger partial charge in [0.1, 0.15) is 0 Å². The lowest BCUT2D eigenvalue weighted by molar-refractivity contribution is 1.60. The van der Waals surface area contributed by atoms with Crippen LogP contribution in [0.3, 0.4) is 0 Å². The molecular formula is C42H28. The van der Waals surface area contributed by atoms with Crippen molar-refractivity contribution in [3.63, 3.8) is 0 Å². The Morgan fingerprint density at radius 1 is 0.333 bits per heavy atom. The Morgan fingerprint density at radius 3 is 1.74 bits per heavy atom. The zero-order chi connectivity index (χ0) is 32.2. The second-order valence-electron chi connectivity index (χ2n) is 10.5. The van der Waals surface area contributed by atoms with E-state index < -0.39 is 6.04 Å². The molecule has 0 amide bonds. The number of benzene rings is 8. The molecule has 8 aromatic rings. The average molecular weight is 538 g/mol. The van der Waals surface area contributed by atoms with E-state index in [2.05, 4.69) is 91.0 Å². The van der Waals surface area contributed by atoms with Crippen molar-refractivity contribution in [2.24, 2.45) is 0 Å². The summed E-state index contributed by atoms with van der Waals surface area (Å²) >= 11 is 0. The van der Waals surface area contributed by atoms with Crippen LogP contribution in [-0.4, -0.2) is 0 Å². The molecule has 8 rings (SSSR count). The Morgan fingerprint density at radius 2 is 0.929 bits per heavy atom. The maximum absolute atomic E-state index is 9.04. The molecule has 0 unspecified atom stereocenters. The smallest absolute Gasteiger partial charge is 0.0622 e. The van der Waals surface area contributed by atoms with Crippen molar-refractivity contribution in [3.05, 3.63) is 170 Å². The van der Waals surface area contributed by atoms with E-state index in [0.717, 1.165) is 65.7 Å². The van der Waals surface area contributed by atoms with Crippen LogP contribution in [0.25, 0.3) is 76.8 Å². The number of hydrogen-bond donors (Lipinski definition) is 0.